The second-order valence-corrected chi connectivity index (χ2v) is 6.37. The molecule has 1 saturated heterocycles. The van der Waals surface area contributed by atoms with Gasteiger partial charge in [-0.1, -0.05) is 6.92 Å². The zero-order chi connectivity index (χ0) is 17.1. The summed E-state index contributed by atoms with van der Waals surface area (Å²) in [5.41, 5.74) is 1.95. The molecule has 4 nitrogen and oxygen atoms in total. The lowest BCUT2D eigenvalue weighted by atomic mass is 10.0. The Labute approximate surface area is 141 Å². The van der Waals surface area contributed by atoms with Crippen molar-refractivity contribution >= 4 is 5.69 Å². The predicted molar refractivity (Wildman–Crippen MR) is 91.0 cm³/mol. The van der Waals surface area contributed by atoms with Gasteiger partial charge in [0.1, 0.15) is 0 Å². The van der Waals surface area contributed by atoms with Gasteiger partial charge in [0.25, 0.3) is 0 Å². The Hall–Kier alpha value is -1.95. The third-order valence-electron chi connectivity index (χ3n) is 4.82. The summed E-state index contributed by atoms with van der Waals surface area (Å²) in [6.45, 7) is 3.84. The largest absolute Gasteiger partial charge is 0.371 e. The van der Waals surface area contributed by atoms with Gasteiger partial charge in [-0.25, -0.2) is 8.78 Å². The Kier molecular flexibility index (Phi) is 5.14. The molecule has 6 heteroatoms. The highest BCUT2D eigenvalue weighted by Crippen LogP contribution is 2.24. The lowest BCUT2D eigenvalue weighted by Crippen LogP contribution is -2.44. The molecule has 130 valence electrons. The molecule has 0 radical (unpaired) electrons. The third-order valence-corrected chi connectivity index (χ3v) is 4.82. The first kappa shape index (κ1) is 16.9. The minimum atomic E-state index is -0.794. The maximum atomic E-state index is 13.4. The van der Waals surface area contributed by atoms with Crippen molar-refractivity contribution in [2.45, 2.75) is 38.3 Å². The second-order valence-electron chi connectivity index (χ2n) is 6.37. The van der Waals surface area contributed by atoms with Crippen LogP contribution in [-0.4, -0.2) is 28.9 Å². The van der Waals surface area contributed by atoms with Gasteiger partial charge in [0.05, 0.1) is 5.69 Å². The minimum absolute atomic E-state index is 0.289. The fourth-order valence-electron chi connectivity index (χ4n) is 3.41. The highest BCUT2D eigenvalue weighted by molar-refractivity contribution is 5.47. The number of aromatic nitrogens is 2. The van der Waals surface area contributed by atoms with Crippen molar-refractivity contribution in [3.63, 3.8) is 0 Å². The summed E-state index contributed by atoms with van der Waals surface area (Å²) in [7, 11) is 1.96. The van der Waals surface area contributed by atoms with Crippen LogP contribution in [0.4, 0.5) is 14.5 Å². The Morgan fingerprint density at radius 1 is 1.21 bits per heavy atom. The van der Waals surface area contributed by atoms with Gasteiger partial charge in [-0.05, 0) is 37.5 Å². The van der Waals surface area contributed by atoms with Crippen LogP contribution < -0.4 is 10.2 Å². The van der Waals surface area contributed by atoms with Gasteiger partial charge >= 0.3 is 0 Å². The van der Waals surface area contributed by atoms with Gasteiger partial charge < -0.3 is 10.2 Å². The topological polar surface area (TPSA) is 33.1 Å². The Morgan fingerprint density at radius 2 is 1.96 bits per heavy atom. The normalized spacial score (nSPS) is 17.2. The number of anilines is 1. The molecule has 3 rings (SSSR count). The molecule has 1 fully saturated rings. The first-order valence-corrected chi connectivity index (χ1v) is 8.52. The molecule has 1 aromatic carbocycles. The van der Waals surface area contributed by atoms with Gasteiger partial charge in [-0.15, -0.1) is 0 Å². The van der Waals surface area contributed by atoms with Gasteiger partial charge in [0, 0.05) is 50.2 Å². The number of nitrogens with zero attached hydrogens (tertiary/aromatic N) is 3. The van der Waals surface area contributed by atoms with Gasteiger partial charge in [0.15, 0.2) is 11.6 Å². The van der Waals surface area contributed by atoms with Crippen molar-refractivity contribution in [2.24, 2.45) is 7.05 Å². The van der Waals surface area contributed by atoms with E-state index in [2.05, 4.69) is 28.3 Å². The Balaban J connectivity index is 1.58. The predicted octanol–water partition coefficient (Wildman–Crippen LogP) is 3.41. The molecule has 1 aliphatic rings. The van der Waals surface area contributed by atoms with Crippen LogP contribution in [0, 0.1) is 11.6 Å². The zero-order valence-electron chi connectivity index (χ0n) is 14.2. The van der Waals surface area contributed by atoms with E-state index in [1.54, 1.807) is 6.07 Å². The van der Waals surface area contributed by atoms with Crippen LogP contribution in [0.2, 0.25) is 0 Å². The van der Waals surface area contributed by atoms with Crippen LogP contribution in [-0.2, 0) is 7.05 Å². The number of hydrogen-bond donors (Lipinski definition) is 1. The van der Waals surface area contributed by atoms with Crippen molar-refractivity contribution < 1.29 is 8.78 Å². The maximum Gasteiger partial charge on any atom is 0.160 e. The second kappa shape index (κ2) is 7.30. The molecule has 2 heterocycles. The summed E-state index contributed by atoms with van der Waals surface area (Å²) in [5, 5.41) is 7.97. The van der Waals surface area contributed by atoms with Crippen LogP contribution >= 0.6 is 0 Å². The monoisotopic (exact) mass is 334 g/mol. The van der Waals surface area contributed by atoms with E-state index in [1.807, 2.05) is 17.9 Å². The Bertz CT molecular complexity index is 677. The lowest BCUT2D eigenvalue weighted by Gasteiger charge is -2.35. The van der Waals surface area contributed by atoms with Crippen LogP contribution in [0.5, 0.6) is 0 Å². The first-order valence-electron chi connectivity index (χ1n) is 8.52. The van der Waals surface area contributed by atoms with Crippen molar-refractivity contribution in [3.05, 3.63) is 47.8 Å². The van der Waals surface area contributed by atoms with E-state index in [-0.39, 0.29) is 6.04 Å². The number of rotatable bonds is 5. The van der Waals surface area contributed by atoms with E-state index in [4.69, 9.17) is 0 Å². The number of piperidine rings is 1. The fraction of sp³-hybridized carbons (Fsp3) is 0.500. The standard InChI is InChI=1S/C18H24F2N4/c1-3-17(18-6-9-21-23(18)2)22-13-7-10-24(11-8-13)14-4-5-15(19)16(20)12-14/h4-6,9,12-13,17,22H,3,7-8,10-11H2,1-2H3. The smallest absolute Gasteiger partial charge is 0.160 e. The number of halogens is 2. The van der Waals surface area contributed by atoms with E-state index in [9.17, 15) is 8.78 Å². The van der Waals surface area contributed by atoms with Crippen molar-refractivity contribution in [2.75, 3.05) is 18.0 Å². The van der Waals surface area contributed by atoms with Gasteiger partial charge in [0.2, 0.25) is 0 Å². The number of aryl methyl sites for hydroxylation is 1. The zero-order valence-corrected chi connectivity index (χ0v) is 14.2. The summed E-state index contributed by atoms with van der Waals surface area (Å²) in [6.07, 6.45) is 4.79. The molecule has 0 spiro atoms. The van der Waals surface area contributed by atoms with Crippen LogP contribution in [0.1, 0.15) is 37.9 Å². The molecular formula is C18H24F2N4. The van der Waals surface area contributed by atoms with Crippen LogP contribution in [0.25, 0.3) is 0 Å². The molecule has 24 heavy (non-hydrogen) atoms. The first-order chi connectivity index (χ1) is 11.6. The summed E-state index contributed by atoms with van der Waals surface area (Å²) in [6, 6.07) is 6.90. The highest BCUT2D eigenvalue weighted by Gasteiger charge is 2.23. The highest BCUT2D eigenvalue weighted by atomic mass is 19.2. The lowest BCUT2D eigenvalue weighted by molar-refractivity contribution is 0.354. The molecule has 2 aromatic rings. The molecule has 0 saturated carbocycles. The van der Waals surface area contributed by atoms with E-state index in [0.29, 0.717) is 6.04 Å². The summed E-state index contributed by atoms with van der Waals surface area (Å²) in [4.78, 5) is 2.12. The molecule has 0 aliphatic carbocycles. The van der Waals surface area contributed by atoms with Crippen LogP contribution in [0.3, 0.4) is 0 Å². The van der Waals surface area contributed by atoms with E-state index >= 15 is 0 Å². The van der Waals surface area contributed by atoms with Crippen molar-refractivity contribution in [1.29, 1.82) is 0 Å². The summed E-state index contributed by atoms with van der Waals surface area (Å²) in [5.74, 6) is -1.58. The van der Waals surface area contributed by atoms with E-state index in [0.717, 1.165) is 38.0 Å². The number of benzene rings is 1. The van der Waals surface area contributed by atoms with Crippen molar-refractivity contribution in [3.8, 4) is 0 Å². The van der Waals surface area contributed by atoms with Gasteiger partial charge in [-0.2, -0.15) is 5.10 Å². The molecular weight excluding hydrogens is 310 g/mol. The average molecular weight is 334 g/mol. The number of hydrogen-bond acceptors (Lipinski definition) is 3. The van der Waals surface area contributed by atoms with E-state index in [1.165, 1.54) is 17.8 Å². The van der Waals surface area contributed by atoms with E-state index < -0.39 is 11.6 Å². The van der Waals surface area contributed by atoms with Crippen LogP contribution in [0.15, 0.2) is 30.5 Å². The SMILES string of the molecule is CCC(NC1CCN(c2ccc(F)c(F)c2)CC1)c1ccnn1C. The maximum absolute atomic E-state index is 13.4. The Morgan fingerprint density at radius 3 is 2.54 bits per heavy atom. The minimum Gasteiger partial charge on any atom is -0.371 e. The molecule has 1 N–H and O–H groups in total. The molecule has 1 aromatic heterocycles. The molecule has 1 unspecified atom stereocenters. The summed E-state index contributed by atoms with van der Waals surface area (Å²) < 4.78 is 28.4. The molecule has 0 amide bonds. The summed E-state index contributed by atoms with van der Waals surface area (Å²) >= 11 is 0. The number of nitrogens with one attached hydrogen (secondary N) is 1. The van der Waals surface area contributed by atoms with Crippen molar-refractivity contribution in [1.82, 2.24) is 15.1 Å². The molecule has 1 atom stereocenters. The fourth-order valence-corrected chi connectivity index (χ4v) is 3.41. The molecule has 1 aliphatic heterocycles. The quantitative estimate of drug-likeness (QED) is 0.910. The van der Waals surface area contributed by atoms with Gasteiger partial charge in [-0.3, -0.25) is 4.68 Å². The average Bonchev–Trinajstić information content (AvgIpc) is 3.02. The molecule has 0 bridgehead atoms. The third kappa shape index (κ3) is 3.59.